The van der Waals surface area contributed by atoms with Gasteiger partial charge in [-0.15, -0.1) is 11.3 Å². The molecule has 32 heavy (non-hydrogen) atoms. The van der Waals surface area contributed by atoms with Crippen LogP contribution in [0.3, 0.4) is 0 Å². The van der Waals surface area contributed by atoms with Crippen LogP contribution >= 0.6 is 11.3 Å². The summed E-state index contributed by atoms with van der Waals surface area (Å²) >= 11 is 1.49. The number of thiazole rings is 1. The molecule has 0 spiro atoms. The third-order valence-corrected chi connectivity index (χ3v) is 6.55. The van der Waals surface area contributed by atoms with Crippen molar-refractivity contribution < 1.29 is 15.3 Å². The smallest absolute Gasteiger partial charge is 0.229 e. The Labute approximate surface area is 187 Å². The van der Waals surface area contributed by atoms with Crippen molar-refractivity contribution in [3.63, 3.8) is 0 Å². The molecule has 0 bridgehead atoms. The number of nitrogens with one attached hydrogen (secondary N) is 2. The van der Waals surface area contributed by atoms with E-state index in [1.807, 2.05) is 12.1 Å². The minimum absolute atomic E-state index is 0.203. The highest BCUT2D eigenvalue weighted by molar-refractivity contribution is 7.21. The molecular formula is C21H21N7O3S. The molecule has 0 unspecified atom stereocenters. The number of nitrogens with zero attached hydrogens (tertiary/aromatic N) is 5. The van der Waals surface area contributed by atoms with Gasteiger partial charge in [0.05, 0.1) is 40.5 Å². The highest BCUT2D eigenvalue weighted by atomic mass is 32.1. The summed E-state index contributed by atoms with van der Waals surface area (Å²) in [5.74, 6) is 0.404. The predicted molar refractivity (Wildman–Crippen MR) is 121 cm³/mol. The van der Waals surface area contributed by atoms with Gasteiger partial charge >= 0.3 is 0 Å². The molecule has 0 radical (unpaired) electrons. The van der Waals surface area contributed by atoms with E-state index in [4.69, 9.17) is 0 Å². The highest BCUT2D eigenvalue weighted by Crippen LogP contribution is 2.36. The number of fused-ring (bicyclic) bond motifs is 1. The second-order valence-electron chi connectivity index (χ2n) is 7.60. The van der Waals surface area contributed by atoms with Crippen LogP contribution in [0.2, 0.25) is 0 Å². The Kier molecular flexibility index (Phi) is 5.62. The SMILES string of the molecule is OC[C@H]1C[C@@H](Nc2nc(Nc3cccnc3)ncc2-c2nc3cnccc3s2)[C@H](O)[C@@H]1O. The molecule has 4 heterocycles. The fourth-order valence-corrected chi connectivity index (χ4v) is 4.74. The summed E-state index contributed by atoms with van der Waals surface area (Å²) in [7, 11) is 0. The van der Waals surface area contributed by atoms with Crippen LogP contribution in [-0.2, 0) is 0 Å². The molecule has 5 N–H and O–H groups in total. The number of hydrogen-bond acceptors (Lipinski definition) is 11. The summed E-state index contributed by atoms with van der Waals surface area (Å²) in [6, 6.07) is 5.06. The first-order valence-electron chi connectivity index (χ1n) is 10.1. The Morgan fingerprint density at radius 1 is 1.03 bits per heavy atom. The normalized spacial score (nSPS) is 22.8. The van der Waals surface area contributed by atoms with Gasteiger partial charge in [-0.1, -0.05) is 0 Å². The Morgan fingerprint density at radius 3 is 2.66 bits per heavy atom. The lowest BCUT2D eigenvalue weighted by atomic mass is 10.1. The molecular weight excluding hydrogens is 430 g/mol. The zero-order chi connectivity index (χ0) is 22.1. The number of rotatable bonds is 6. The standard InChI is InChI=1S/C21H21N7O3S/c29-10-11-6-14(18(31)17(11)30)26-19-13(20-27-15-9-23-5-3-16(15)32-20)8-24-21(28-19)25-12-2-1-4-22-7-12/h1-5,7-9,11,14,17-18,29-31H,6,10H2,(H2,24,25,26,28)/t11-,14-,17-,18+/m1/s1. The minimum atomic E-state index is -1.04. The van der Waals surface area contributed by atoms with Gasteiger partial charge in [-0.2, -0.15) is 4.98 Å². The Hall–Kier alpha value is -3.25. The summed E-state index contributed by atoms with van der Waals surface area (Å²) in [5.41, 5.74) is 2.17. The van der Waals surface area contributed by atoms with Crippen molar-refractivity contribution in [2.24, 2.45) is 5.92 Å². The molecule has 0 aliphatic heterocycles. The zero-order valence-electron chi connectivity index (χ0n) is 16.8. The van der Waals surface area contributed by atoms with Crippen LogP contribution in [0.4, 0.5) is 17.5 Å². The van der Waals surface area contributed by atoms with E-state index in [0.717, 1.165) is 15.9 Å². The van der Waals surface area contributed by atoms with E-state index in [1.165, 1.54) is 11.3 Å². The fourth-order valence-electron chi connectivity index (χ4n) is 3.79. The first-order valence-corrected chi connectivity index (χ1v) is 10.9. The molecule has 1 fully saturated rings. The van der Waals surface area contributed by atoms with Gasteiger partial charge in [0.2, 0.25) is 5.95 Å². The number of aliphatic hydroxyl groups is 3. The van der Waals surface area contributed by atoms with Gasteiger partial charge in [0.15, 0.2) is 0 Å². The number of hydrogen-bond donors (Lipinski definition) is 5. The highest BCUT2D eigenvalue weighted by Gasteiger charge is 2.41. The molecule has 164 valence electrons. The van der Waals surface area contributed by atoms with Gasteiger partial charge in [0, 0.05) is 31.1 Å². The topological polar surface area (TPSA) is 149 Å². The van der Waals surface area contributed by atoms with E-state index in [-0.39, 0.29) is 6.61 Å². The predicted octanol–water partition coefficient (Wildman–Crippen LogP) is 1.80. The van der Waals surface area contributed by atoms with Crippen molar-refractivity contribution in [1.82, 2.24) is 24.9 Å². The van der Waals surface area contributed by atoms with Crippen molar-refractivity contribution in [3.05, 3.63) is 49.2 Å². The van der Waals surface area contributed by atoms with Crippen molar-refractivity contribution in [2.45, 2.75) is 24.7 Å². The third kappa shape index (κ3) is 3.98. The van der Waals surface area contributed by atoms with E-state index in [9.17, 15) is 15.3 Å². The van der Waals surface area contributed by atoms with Crippen LogP contribution in [0.5, 0.6) is 0 Å². The van der Waals surface area contributed by atoms with Crippen LogP contribution in [0, 0.1) is 5.92 Å². The molecule has 10 nitrogen and oxygen atoms in total. The molecule has 1 saturated carbocycles. The van der Waals surface area contributed by atoms with E-state index in [1.54, 1.807) is 37.1 Å². The van der Waals surface area contributed by atoms with Gasteiger partial charge in [0.1, 0.15) is 22.4 Å². The molecule has 5 rings (SSSR count). The van der Waals surface area contributed by atoms with Crippen molar-refractivity contribution in [1.29, 1.82) is 0 Å². The van der Waals surface area contributed by atoms with Crippen LogP contribution in [0.25, 0.3) is 20.8 Å². The van der Waals surface area contributed by atoms with Gasteiger partial charge < -0.3 is 26.0 Å². The molecule has 1 aliphatic rings. The molecule has 0 aromatic carbocycles. The first kappa shape index (κ1) is 20.6. The fraction of sp³-hybridized carbons (Fsp3) is 0.286. The Morgan fingerprint density at radius 2 is 1.91 bits per heavy atom. The van der Waals surface area contributed by atoms with Gasteiger partial charge in [-0.3, -0.25) is 9.97 Å². The maximum atomic E-state index is 10.5. The second kappa shape index (κ2) is 8.71. The van der Waals surface area contributed by atoms with Crippen LogP contribution in [0.1, 0.15) is 6.42 Å². The Bertz CT molecular complexity index is 1190. The minimum Gasteiger partial charge on any atom is -0.396 e. The number of pyridine rings is 2. The van der Waals surface area contributed by atoms with Crippen molar-refractivity contribution >= 4 is 39.0 Å². The summed E-state index contributed by atoms with van der Waals surface area (Å²) in [5, 5.41) is 37.3. The summed E-state index contributed by atoms with van der Waals surface area (Å²) in [6.07, 6.45) is 6.77. The largest absolute Gasteiger partial charge is 0.396 e. The molecule has 0 saturated heterocycles. The monoisotopic (exact) mass is 451 g/mol. The van der Waals surface area contributed by atoms with Crippen molar-refractivity contribution in [2.75, 3.05) is 17.2 Å². The van der Waals surface area contributed by atoms with Gasteiger partial charge in [-0.05, 0) is 24.6 Å². The van der Waals surface area contributed by atoms with Crippen LogP contribution in [0.15, 0.2) is 49.2 Å². The molecule has 4 aromatic heterocycles. The average Bonchev–Trinajstić information content (AvgIpc) is 3.36. The first-order chi connectivity index (χ1) is 15.6. The van der Waals surface area contributed by atoms with Crippen LogP contribution < -0.4 is 10.6 Å². The molecule has 4 aromatic rings. The van der Waals surface area contributed by atoms with Crippen molar-refractivity contribution in [3.8, 4) is 10.6 Å². The number of anilines is 3. The summed E-state index contributed by atoms with van der Waals surface area (Å²) in [6.45, 7) is -0.203. The molecule has 0 amide bonds. The van der Waals surface area contributed by atoms with E-state index in [0.29, 0.717) is 28.8 Å². The maximum Gasteiger partial charge on any atom is 0.229 e. The summed E-state index contributed by atoms with van der Waals surface area (Å²) < 4.78 is 0.982. The third-order valence-electron chi connectivity index (χ3n) is 5.49. The van der Waals surface area contributed by atoms with Gasteiger partial charge in [-0.25, -0.2) is 9.97 Å². The lowest BCUT2D eigenvalue weighted by Gasteiger charge is -2.20. The van der Waals surface area contributed by atoms with E-state index >= 15 is 0 Å². The number of aliphatic hydroxyl groups excluding tert-OH is 3. The quantitative estimate of drug-likeness (QED) is 0.294. The van der Waals surface area contributed by atoms with Crippen LogP contribution in [-0.4, -0.2) is 65.1 Å². The Balaban J connectivity index is 1.52. The van der Waals surface area contributed by atoms with E-state index in [2.05, 4.69) is 35.6 Å². The number of aromatic nitrogens is 5. The lowest BCUT2D eigenvalue weighted by Crippen LogP contribution is -2.35. The maximum absolute atomic E-state index is 10.5. The van der Waals surface area contributed by atoms with E-state index < -0.39 is 24.2 Å². The average molecular weight is 452 g/mol. The zero-order valence-corrected chi connectivity index (χ0v) is 17.6. The molecule has 4 atom stereocenters. The van der Waals surface area contributed by atoms with Gasteiger partial charge in [0.25, 0.3) is 0 Å². The summed E-state index contributed by atoms with van der Waals surface area (Å²) in [4.78, 5) is 21.9. The molecule has 11 heteroatoms. The lowest BCUT2D eigenvalue weighted by molar-refractivity contribution is 0.00446. The second-order valence-corrected chi connectivity index (χ2v) is 8.63. The molecule has 1 aliphatic carbocycles.